The van der Waals surface area contributed by atoms with E-state index in [0.717, 1.165) is 17.5 Å². The quantitative estimate of drug-likeness (QED) is 0.915. The van der Waals surface area contributed by atoms with E-state index in [0.29, 0.717) is 0 Å². The zero-order valence-electron chi connectivity index (χ0n) is 12.4. The Kier molecular flexibility index (Phi) is 3.94. The Bertz CT molecular complexity index is 684. The summed E-state index contributed by atoms with van der Waals surface area (Å²) in [5.41, 5.74) is 9.32. The molecule has 0 saturated heterocycles. The maximum atomic E-state index is 13.0. The lowest BCUT2D eigenvalue weighted by Crippen LogP contribution is -2.42. The summed E-state index contributed by atoms with van der Waals surface area (Å²) in [5.74, 6) is -0.721. The van der Waals surface area contributed by atoms with Crippen molar-refractivity contribution in [2.24, 2.45) is 5.73 Å². The number of hydrogen-bond donors (Lipinski definition) is 2. The number of rotatable bonds is 3. The summed E-state index contributed by atoms with van der Waals surface area (Å²) in [6, 6.07) is 13.8. The number of carbonyl (C=O) groups excluding carboxylic acids is 1. The van der Waals surface area contributed by atoms with Crippen LogP contribution in [-0.2, 0) is 11.2 Å². The highest BCUT2D eigenvalue weighted by molar-refractivity contribution is 5.83. The minimum atomic E-state index is -0.337. The summed E-state index contributed by atoms with van der Waals surface area (Å²) in [7, 11) is 0. The predicted octanol–water partition coefficient (Wildman–Crippen LogP) is 2.67. The van der Waals surface area contributed by atoms with E-state index < -0.39 is 0 Å². The Morgan fingerprint density at radius 2 is 1.91 bits per heavy atom. The number of carbonyl (C=O) groups is 1. The minimum absolute atomic E-state index is 0.0835. The molecule has 4 heteroatoms. The van der Waals surface area contributed by atoms with E-state index >= 15 is 0 Å². The van der Waals surface area contributed by atoms with Crippen LogP contribution in [0.5, 0.6) is 0 Å². The fraction of sp³-hybridized carbons (Fsp3) is 0.278. The molecular weight excluding hydrogens is 279 g/mol. The van der Waals surface area contributed by atoms with E-state index in [1.165, 1.54) is 17.7 Å². The van der Waals surface area contributed by atoms with E-state index in [1.54, 1.807) is 12.1 Å². The summed E-state index contributed by atoms with van der Waals surface area (Å²) >= 11 is 0. The first kappa shape index (κ1) is 14.7. The third-order valence-electron chi connectivity index (χ3n) is 4.38. The van der Waals surface area contributed by atoms with Gasteiger partial charge in [0.05, 0.1) is 18.0 Å². The number of hydrogen-bond acceptors (Lipinski definition) is 2. The number of halogens is 1. The normalized spacial score (nSPS) is 21.2. The summed E-state index contributed by atoms with van der Waals surface area (Å²) in [6.07, 6.45) is 0.749. The van der Waals surface area contributed by atoms with Crippen LogP contribution in [0.25, 0.3) is 0 Å². The molecule has 2 aromatic carbocycles. The van der Waals surface area contributed by atoms with Crippen molar-refractivity contribution in [1.82, 2.24) is 5.32 Å². The molecule has 3 N–H and O–H groups in total. The Labute approximate surface area is 129 Å². The van der Waals surface area contributed by atoms with E-state index in [4.69, 9.17) is 5.73 Å². The van der Waals surface area contributed by atoms with Crippen molar-refractivity contribution in [2.45, 2.75) is 31.3 Å². The van der Waals surface area contributed by atoms with Crippen LogP contribution >= 0.6 is 0 Å². The van der Waals surface area contributed by atoms with E-state index in [-0.39, 0.29) is 29.7 Å². The van der Waals surface area contributed by atoms with Gasteiger partial charge in [0.1, 0.15) is 5.82 Å². The number of nitrogens with one attached hydrogen (secondary N) is 1. The van der Waals surface area contributed by atoms with E-state index in [1.807, 2.05) is 31.2 Å². The first-order chi connectivity index (χ1) is 10.6. The molecule has 0 spiro atoms. The second-order valence-corrected chi connectivity index (χ2v) is 5.82. The highest BCUT2D eigenvalue weighted by Gasteiger charge is 2.31. The van der Waals surface area contributed by atoms with E-state index in [2.05, 4.69) is 5.32 Å². The van der Waals surface area contributed by atoms with Crippen LogP contribution in [0.15, 0.2) is 48.5 Å². The van der Waals surface area contributed by atoms with Gasteiger partial charge in [-0.2, -0.15) is 0 Å². The van der Waals surface area contributed by atoms with Crippen LogP contribution in [-0.4, -0.2) is 11.9 Å². The molecular formula is C18H19FN2O. The van der Waals surface area contributed by atoms with Gasteiger partial charge in [-0.25, -0.2) is 4.39 Å². The average molecular weight is 298 g/mol. The lowest BCUT2D eigenvalue weighted by Gasteiger charge is -2.21. The molecule has 2 unspecified atom stereocenters. The monoisotopic (exact) mass is 298 g/mol. The molecule has 0 fully saturated rings. The second kappa shape index (κ2) is 5.89. The molecule has 0 saturated carbocycles. The third-order valence-corrected chi connectivity index (χ3v) is 4.38. The van der Waals surface area contributed by atoms with Crippen LogP contribution in [0.4, 0.5) is 4.39 Å². The molecule has 114 valence electrons. The molecule has 1 aliphatic carbocycles. The molecule has 1 amide bonds. The number of benzene rings is 2. The van der Waals surface area contributed by atoms with Gasteiger partial charge in [0.25, 0.3) is 0 Å². The summed E-state index contributed by atoms with van der Waals surface area (Å²) < 4.78 is 13.0. The van der Waals surface area contributed by atoms with Crippen molar-refractivity contribution in [1.29, 1.82) is 0 Å². The molecule has 3 rings (SSSR count). The molecule has 3 nitrogen and oxygen atoms in total. The zero-order valence-corrected chi connectivity index (χ0v) is 12.4. The number of fused-ring (bicyclic) bond motifs is 1. The third kappa shape index (κ3) is 2.74. The summed E-state index contributed by atoms with van der Waals surface area (Å²) in [6.45, 7) is 1.82. The molecule has 1 aliphatic rings. The fourth-order valence-electron chi connectivity index (χ4n) is 2.98. The predicted molar refractivity (Wildman–Crippen MR) is 83.8 cm³/mol. The molecule has 0 heterocycles. The van der Waals surface area contributed by atoms with Gasteiger partial charge in [0.15, 0.2) is 0 Å². The molecule has 0 radical (unpaired) electrons. The SMILES string of the molecule is CC(C(=O)N[C@H]1Cc2ccccc2C1N)c1ccc(F)cc1. The Hall–Kier alpha value is -2.20. The van der Waals surface area contributed by atoms with Gasteiger partial charge >= 0.3 is 0 Å². The lowest BCUT2D eigenvalue weighted by molar-refractivity contribution is -0.123. The summed E-state index contributed by atoms with van der Waals surface area (Å²) in [4.78, 5) is 12.4. The van der Waals surface area contributed by atoms with Crippen LogP contribution < -0.4 is 11.1 Å². The van der Waals surface area contributed by atoms with Gasteiger partial charge in [-0.15, -0.1) is 0 Å². The first-order valence-electron chi connectivity index (χ1n) is 7.45. The highest BCUT2D eigenvalue weighted by Crippen LogP contribution is 2.29. The van der Waals surface area contributed by atoms with Gasteiger partial charge in [-0.1, -0.05) is 36.4 Å². The smallest absolute Gasteiger partial charge is 0.227 e. The van der Waals surface area contributed by atoms with Gasteiger partial charge in [0, 0.05) is 0 Å². The maximum absolute atomic E-state index is 13.0. The zero-order chi connectivity index (χ0) is 15.7. The second-order valence-electron chi connectivity index (χ2n) is 5.82. The van der Waals surface area contributed by atoms with Crippen molar-refractivity contribution in [3.63, 3.8) is 0 Å². The van der Waals surface area contributed by atoms with Crippen molar-refractivity contribution in [3.05, 3.63) is 71.0 Å². The molecule has 0 bridgehead atoms. The Morgan fingerprint density at radius 3 is 2.59 bits per heavy atom. The minimum Gasteiger partial charge on any atom is -0.351 e. The fourth-order valence-corrected chi connectivity index (χ4v) is 2.98. The Balaban J connectivity index is 1.69. The van der Waals surface area contributed by atoms with Gasteiger partial charge in [-0.3, -0.25) is 4.79 Å². The standard InChI is InChI=1S/C18H19FN2O/c1-11(12-6-8-14(19)9-7-12)18(22)21-16-10-13-4-2-3-5-15(13)17(16)20/h2-9,11,16-17H,10,20H2,1H3,(H,21,22)/t11?,16-,17?/m0/s1. The number of amides is 1. The van der Waals surface area contributed by atoms with Crippen LogP contribution in [0, 0.1) is 5.82 Å². The van der Waals surface area contributed by atoms with Gasteiger partial charge < -0.3 is 11.1 Å². The Morgan fingerprint density at radius 1 is 1.23 bits per heavy atom. The van der Waals surface area contributed by atoms with Crippen LogP contribution in [0.1, 0.15) is 35.6 Å². The van der Waals surface area contributed by atoms with Crippen molar-refractivity contribution in [3.8, 4) is 0 Å². The lowest BCUT2D eigenvalue weighted by atomic mass is 9.99. The topological polar surface area (TPSA) is 55.1 Å². The van der Waals surface area contributed by atoms with Crippen molar-refractivity contribution >= 4 is 5.91 Å². The van der Waals surface area contributed by atoms with Crippen LogP contribution in [0.2, 0.25) is 0 Å². The maximum Gasteiger partial charge on any atom is 0.227 e. The van der Waals surface area contributed by atoms with Crippen molar-refractivity contribution < 1.29 is 9.18 Å². The summed E-state index contributed by atoms with van der Waals surface area (Å²) in [5, 5.41) is 3.03. The van der Waals surface area contributed by atoms with Crippen molar-refractivity contribution in [2.75, 3.05) is 0 Å². The number of nitrogens with two attached hydrogens (primary N) is 1. The molecule has 0 aromatic heterocycles. The molecule has 22 heavy (non-hydrogen) atoms. The average Bonchev–Trinajstić information content (AvgIpc) is 2.84. The highest BCUT2D eigenvalue weighted by atomic mass is 19.1. The van der Waals surface area contributed by atoms with Gasteiger partial charge in [-0.05, 0) is 42.2 Å². The van der Waals surface area contributed by atoms with Crippen LogP contribution in [0.3, 0.4) is 0 Å². The first-order valence-corrected chi connectivity index (χ1v) is 7.45. The largest absolute Gasteiger partial charge is 0.351 e. The molecule has 3 atom stereocenters. The molecule has 0 aliphatic heterocycles. The van der Waals surface area contributed by atoms with Gasteiger partial charge in [0.2, 0.25) is 5.91 Å². The molecule has 2 aromatic rings. The van der Waals surface area contributed by atoms with E-state index in [9.17, 15) is 9.18 Å².